The molecule has 4 rings (SSSR count). The number of aromatic nitrogens is 1. The number of halogens is 1. The fraction of sp³-hybridized carbons (Fsp3) is 0.333. The third-order valence-electron chi connectivity index (χ3n) is 4.96. The molecule has 2 aliphatic rings. The van der Waals surface area contributed by atoms with Crippen molar-refractivity contribution in [3.63, 3.8) is 0 Å². The first-order chi connectivity index (χ1) is 13.8. The molecule has 2 N–H and O–H groups in total. The van der Waals surface area contributed by atoms with Gasteiger partial charge >= 0.3 is 0 Å². The summed E-state index contributed by atoms with van der Waals surface area (Å²) in [6.07, 6.45) is 1.46. The topological polar surface area (TPSA) is 83.7 Å². The molecule has 0 saturated heterocycles. The molecular formula is C21H22ClN3O4. The summed E-state index contributed by atoms with van der Waals surface area (Å²) in [6.45, 7) is 4.92. The molecule has 0 radical (unpaired) electrons. The van der Waals surface area contributed by atoms with Crippen LogP contribution in [0.5, 0.6) is 5.75 Å². The molecule has 0 aliphatic carbocycles. The number of carbonyl (C=O) groups is 2. The van der Waals surface area contributed by atoms with Crippen LogP contribution in [0.3, 0.4) is 0 Å². The van der Waals surface area contributed by atoms with Gasteiger partial charge in [0.2, 0.25) is 0 Å². The van der Waals surface area contributed by atoms with Gasteiger partial charge in [-0.25, -0.2) is 0 Å². The van der Waals surface area contributed by atoms with Crippen LogP contribution in [0.15, 0.2) is 18.2 Å². The number of H-pyrrole nitrogens is 1. The van der Waals surface area contributed by atoms with Gasteiger partial charge in [0.25, 0.3) is 11.8 Å². The summed E-state index contributed by atoms with van der Waals surface area (Å²) in [5.74, 6) is 0.0854. The number of rotatable bonds is 0. The van der Waals surface area contributed by atoms with Gasteiger partial charge in [-0.3, -0.25) is 9.59 Å². The average Bonchev–Trinajstić information content (AvgIpc) is 3.17. The van der Waals surface area contributed by atoms with Gasteiger partial charge in [-0.05, 0) is 38.1 Å². The first-order valence-corrected chi connectivity index (χ1v) is 9.77. The molecule has 2 bridgehead atoms. The van der Waals surface area contributed by atoms with E-state index in [1.54, 1.807) is 36.2 Å². The van der Waals surface area contributed by atoms with Gasteiger partial charge in [0.15, 0.2) is 0 Å². The highest BCUT2D eigenvalue weighted by Gasteiger charge is 2.28. The van der Waals surface area contributed by atoms with Gasteiger partial charge in [0.05, 0.1) is 40.8 Å². The lowest BCUT2D eigenvalue weighted by Crippen LogP contribution is -2.31. The Kier molecular flexibility index (Phi) is 5.10. The quantitative estimate of drug-likeness (QED) is 0.691. The number of hydrogen-bond acceptors (Lipinski definition) is 4. The lowest BCUT2D eigenvalue weighted by atomic mass is 10.0. The molecule has 1 aromatic heterocycles. The molecule has 0 spiro atoms. The number of ether oxygens (including phenoxy) is 2. The van der Waals surface area contributed by atoms with Crippen molar-refractivity contribution in [1.82, 2.24) is 9.88 Å². The summed E-state index contributed by atoms with van der Waals surface area (Å²) in [4.78, 5) is 30.4. The minimum Gasteiger partial charge on any atom is -0.487 e. The van der Waals surface area contributed by atoms with Crippen LogP contribution < -0.4 is 10.1 Å². The van der Waals surface area contributed by atoms with Crippen molar-refractivity contribution in [2.45, 2.75) is 20.0 Å². The summed E-state index contributed by atoms with van der Waals surface area (Å²) in [5.41, 5.74) is 3.65. The predicted molar refractivity (Wildman–Crippen MR) is 111 cm³/mol. The van der Waals surface area contributed by atoms with Gasteiger partial charge in [-0.1, -0.05) is 11.6 Å². The van der Waals surface area contributed by atoms with Gasteiger partial charge in [0, 0.05) is 24.8 Å². The maximum atomic E-state index is 12.9. The van der Waals surface area contributed by atoms with Crippen LogP contribution >= 0.6 is 11.6 Å². The van der Waals surface area contributed by atoms with Crippen molar-refractivity contribution in [3.8, 4) is 5.75 Å². The van der Waals surface area contributed by atoms with Crippen LogP contribution in [0.25, 0.3) is 11.6 Å². The van der Waals surface area contributed by atoms with E-state index in [0.717, 1.165) is 5.69 Å². The Morgan fingerprint density at radius 3 is 2.79 bits per heavy atom. The number of carbonyl (C=O) groups excluding carboxylic acids is 2. The average molecular weight is 416 g/mol. The van der Waals surface area contributed by atoms with Gasteiger partial charge in [-0.15, -0.1) is 0 Å². The highest BCUT2D eigenvalue weighted by Crippen LogP contribution is 2.40. The van der Waals surface area contributed by atoms with E-state index in [0.29, 0.717) is 58.6 Å². The van der Waals surface area contributed by atoms with E-state index in [1.165, 1.54) is 0 Å². The summed E-state index contributed by atoms with van der Waals surface area (Å²) in [6, 6.07) is 5.22. The third-order valence-corrected chi connectivity index (χ3v) is 5.25. The Bertz CT molecular complexity index is 1030. The van der Waals surface area contributed by atoms with Crippen molar-refractivity contribution in [2.75, 3.05) is 32.1 Å². The van der Waals surface area contributed by atoms with E-state index in [2.05, 4.69) is 10.3 Å². The zero-order valence-corrected chi connectivity index (χ0v) is 17.2. The molecule has 3 heterocycles. The maximum absolute atomic E-state index is 12.9. The number of nitrogens with zero attached hydrogens (tertiary/aromatic N) is 1. The Morgan fingerprint density at radius 2 is 2.00 bits per heavy atom. The van der Waals surface area contributed by atoms with Crippen LogP contribution in [0.2, 0.25) is 5.02 Å². The molecule has 2 aliphatic heterocycles. The van der Waals surface area contributed by atoms with Crippen LogP contribution in [-0.4, -0.2) is 54.6 Å². The second kappa shape index (κ2) is 7.57. The molecule has 0 fully saturated rings. The Morgan fingerprint density at radius 1 is 1.21 bits per heavy atom. The summed E-state index contributed by atoms with van der Waals surface area (Å²) in [7, 11) is 1.73. The summed E-state index contributed by atoms with van der Waals surface area (Å²) in [5, 5.41) is 3.23. The molecule has 0 unspecified atom stereocenters. The van der Waals surface area contributed by atoms with Crippen molar-refractivity contribution in [1.29, 1.82) is 0 Å². The fourth-order valence-electron chi connectivity index (χ4n) is 3.48. The minimum absolute atomic E-state index is 0.139. The number of hydrogen-bond donors (Lipinski definition) is 2. The molecule has 1 aromatic carbocycles. The first kappa shape index (κ1) is 19.5. The fourth-order valence-corrected chi connectivity index (χ4v) is 3.69. The smallest absolute Gasteiger partial charge is 0.256 e. The van der Waals surface area contributed by atoms with Crippen molar-refractivity contribution in [3.05, 3.63) is 45.7 Å². The third kappa shape index (κ3) is 3.75. The second-order valence-electron chi connectivity index (χ2n) is 7.35. The number of aryl methyl sites for hydroxylation is 1. The maximum Gasteiger partial charge on any atom is 0.256 e. The molecule has 2 amide bonds. The highest BCUT2D eigenvalue weighted by atomic mass is 35.5. The van der Waals surface area contributed by atoms with E-state index in [-0.39, 0.29) is 17.9 Å². The molecule has 1 atom stereocenters. The Labute approximate surface area is 173 Å². The standard InChI is InChI=1S/C21H22ClN3O4/c1-11-6-15-17(23-11)7-14-13-8-19(16(22)9-18(13)24-20(14)26)29-12(2)10-28-5-4-25(3)21(15)27/h6-9,12,23H,4-5,10H2,1-3H3,(H,24,26)/b14-7-/t12-/m0/s1. The number of amides is 2. The number of likely N-dealkylation sites (N-methyl/N-ethyl adjacent to an activating group) is 1. The second-order valence-corrected chi connectivity index (χ2v) is 7.76. The van der Waals surface area contributed by atoms with E-state index >= 15 is 0 Å². The van der Waals surface area contributed by atoms with Crippen LogP contribution in [0.4, 0.5) is 5.69 Å². The van der Waals surface area contributed by atoms with Crippen molar-refractivity contribution >= 4 is 40.8 Å². The molecule has 2 aromatic rings. The molecule has 152 valence electrons. The zero-order valence-electron chi connectivity index (χ0n) is 16.5. The van der Waals surface area contributed by atoms with Crippen molar-refractivity contribution < 1.29 is 19.1 Å². The molecular weight excluding hydrogens is 394 g/mol. The van der Waals surface area contributed by atoms with E-state index in [4.69, 9.17) is 21.1 Å². The highest BCUT2D eigenvalue weighted by molar-refractivity contribution is 6.37. The SMILES string of the molecule is Cc1cc2c([nH]1)/C=C1\C(=O)Nc3cc(Cl)c(cc31)O[C@@H](C)COCCN(C)C2=O. The van der Waals surface area contributed by atoms with Crippen molar-refractivity contribution in [2.24, 2.45) is 0 Å². The number of aromatic amines is 1. The molecule has 29 heavy (non-hydrogen) atoms. The van der Waals surface area contributed by atoms with Crippen LogP contribution in [0.1, 0.15) is 34.2 Å². The van der Waals surface area contributed by atoms with Gasteiger partial charge < -0.3 is 24.7 Å². The molecule has 7 nitrogen and oxygen atoms in total. The predicted octanol–water partition coefficient (Wildman–Crippen LogP) is 3.34. The largest absolute Gasteiger partial charge is 0.487 e. The monoisotopic (exact) mass is 415 g/mol. The first-order valence-electron chi connectivity index (χ1n) is 9.40. The normalized spacial score (nSPS) is 21.4. The summed E-state index contributed by atoms with van der Waals surface area (Å²) < 4.78 is 11.6. The zero-order chi connectivity index (χ0) is 20.7. The van der Waals surface area contributed by atoms with E-state index in [9.17, 15) is 9.59 Å². The number of fused-ring (bicyclic) bond motifs is 2. The Hall–Kier alpha value is -2.77. The number of nitrogens with one attached hydrogen (secondary N) is 2. The van der Waals surface area contributed by atoms with Crippen LogP contribution in [-0.2, 0) is 9.53 Å². The lowest BCUT2D eigenvalue weighted by molar-refractivity contribution is -0.110. The van der Waals surface area contributed by atoms with E-state index < -0.39 is 0 Å². The Balaban J connectivity index is 1.86. The molecule has 0 saturated carbocycles. The lowest BCUT2D eigenvalue weighted by Gasteiger charge is -2.19. The minimum atomic E-state index is -0.257. The number of anilines is 1. The van der Waals surface area contributed by atoms with Gasteiger partial charge in [-0.2, -0.15) is 0 Å². The van der Waals surface area contributed by atoms with Crippen LogP contribution in [0, 0.1) is 6.92 Å². The number of benzene rings is 1. The van der Waals surface area contributed by atoms with Gasteiger partial charge in [0.1, 0.15) is 11.9 Å². The molecule has 8 heteroatoms. The van der Waals surface area contributed by atoms with E-state index in [1.807, 2.05) is 13.8 Å². The summed E-state index contributed by atoms with van der Waals surface area (Å²) >= 11 is 6.35.